The first-order valence-electron chi connectivity index (χ1n) is 11.0. The number of likely N-dealkylation sites (tertiary alicyclic amines) is 1. The highest BCUT2D eigenvalue weighted by Crippen LogP contribution is 2.33. The number of likely N-dealkylation sites (N-methyl/N-ethyl adjacent to an activating group) is 1. The lowest BCUT2D eigenvalue weighted by Crippen LogP contribution is -2.49. The number of hydrogen-bond donors (Lipinski definition) is 1. The van der Waals surface area contributed by atoms with E-state index >= 15 is 0 Å². The Hall–Kier alpha value is -0.810. The van der Waals surface area contributed by atoms with Crippen molar-refractivity contribution in [2.75, 3.05) is 66.0 Å². The van der Waals surface area contributed by atoms with E-state index in [2.05, 4.69) is 47.8 Å². The van der Waals surface area contributed by atoms with Crippen LogP contribution in [0.4, 0.5) is 0 Å². The van der Waals surface area contributed by atoms with Crippen molar-refractivity contribution in [1.29, 1.82) is 0 Å². The molecule has 1 atom stereocenters. The molecule has 2 aliphatic heterocycles. The van der Waals surface area contributed by atoms with Gasteiger partial charge < -0.3 is 20.0 Å². The van der Waals surface area contributed by atoms with Gasteiger partial charge in [0.15, 0.2) is 5.96 Å². The van der Waals surface area contributed by atoms with Gasteiger partial charge in [0, 0.05) is 39.3 Å². The number of nitrogens with zero attached hydrogens (tertiary/aromatic N) is 4. The summed E-state index contributed by atoms with van der Waals surface area (Å²) in [4.78, 5) is 12.6. The van der Waals surface area contributed by atoms with Gasteiger partial charge in [-0.05, 0) is 71.1 Å². The molecule has 1 N–H and O–H groups in total. The van der Waals surface area contributed by atoms with E-state index in [-0.39, 0.29) is 0 Å². The first-order valence-corrected chi connectivity index (χ1v) is 11.0. The van der Waals surface area contributed by atoms with E-state index in [0.29, 0.717) is 5.41 Å². The zero-order valence-electron chi connectivity index (χ0n) is 17.9. The fourth-order valence-corrected chi connectivity index (χ4v) is 4.53. The van der Waals surface area contributed by atoms with Crippen LogP contribution >= 0.6 is 0 Å². The molecule has 26 heavy (non-hydrogen) atoms. The van der Waals surface area contributed by atoms with E-state index in [1.807, 2.05) is 0 Å². The van der Waals surface area contributed by atoms with Crippen molar-refractivity contribution in [2.24, 2.45) is 10.4 Å². The van der Waals surface area contributed by atoms with E-state index in [1.165, 1.54) is 71.2 Å². The second kappa shape index (κ2) is 11.1. The average molecular weight is 366 g/mol. The second-order valence-electron chi connectivity index (χ2n) is 8.67. The Kier molecular flexibility index (Phi) is 9.20. The molecule has 0 bridgehead atoms. The van der Waals surface area contributed by atoms with Crippen LogP contribution in [0.15, 0.2) is 4.99 Å². The molecule has 2 heterocycles. The fourth-order valence-electron chi connectivity index (χ4n) is 4.53. The predicted molar refractivity (Wildman–Crippen MR) is 113 cm³/mol. The summed E-state index contributed by atoms with van der Waals surface area (Å²) in [6.45, 7) is 17.2. The zero-order valence-corrected chi connectivity index (χ0v) is 17.9. The third-order valence-corrected chi connectivity index (χ3v) is 5.98. The monoisotopic (exact) mass is 365 g/mol. The summed E-state index contributed by atoms with van der Waals surface area (Å²) in [6.07, 6.45) is 7.72. The van der Waals surface area contributed by atoms with Gasteiger partial charge in [0.2, 0.25) is 0 Å². The molecule has 2 rings (SSSR count). The van der Waals surface area contributed by atoms with Crippen LogP contribution in [0.25, 0.3) is 0 Å². The number of nitrogens with one attached hydrogen (secondary N) is 1. The highest BCUT2D eigenvalue weighted by atomic mass is 15.3. The van der Waals surface area contributed by atoms with Crippen molar-refractivity contribution in [3.63, 3.8) is 0 Å². The summed E-state index contributed by atoms with van der Waals surface area (Å²) >= 11 is 0. The summed E-state index contributed by atoms with van der Waals surface area (Å²) in [5, 5.41) is 3.54. The smallest absolute Gasteiger partial charge is 0.193 e. The maximum Gasteiger partial charge on any atom is 0.193 e. The maximum absolute atomic E-state index is 4.98. The van der Waals surface area contributed by atoms with Crippen LogP contribution in [0.5, 0.6) is 0 Å². The van der Waals surface area contributed by atoms with Crippen molar-refractivity contribution in [1.82, 2.24) is 20.0 Å². The molecule has 0 radical (unpaired) electrons. The van der Waals surface area contributed by atoms with Gasteiger partial charge in [-0.25, -0.2) is 0 Å². The van der Waals surface area contributed by atoms with Gasteiger partial charge in [0.1, 0.15) is 0 Å². The largest absolute Gasteiger partial charge is 0.357 e. The van der Waals surface area contributed by atoms with Crippen molar-refractivity contribution >= 4 is 5.96 Å². The molecule has 152 valence electrons. The number of piperidine rings is 1. The lowest BCUT2D eigenvalue weighted by molar-refractivity contribution is 0.142. The van der Waals surface area contributed by atoms with E-state index in [4.69, 9.17) is 4.99 Å². The molecular formula is C21H43N5. The van der Waals surface area contributed by atoms with Crippen molar-refractivity contribution in [3.8, 4) is 0 Å². The zero-order chi connectivity index (χ0) is 18.8. The van der Waals surface area contributed by atoms with Crippen molar-refractivity contribution in [2.45, 2.75) is 59.3 Å². The molecule has 5 heteroatoms. The van der Waals surface area contributed by atoms with Gasteiger partial charge in [-0.3, -0.25) is 4.99 Å². The van der Waals surface area contributed by atoms with Gasteiger partial charge in [-0.2, -0.15) is 0 Å². The van der Waals surface area contributed by atoms with Crippen LogP contribution in [0.3, 0.4) is 0 Å². The predicted octanol–water partition coefficient (Wildman–Crippen LogP) is 2.88. The maximum atomic E-state index is 4.98. The Morgan fingerprint density at radius 3 is 2.69 bits per heavy atom. The minimum absolute atomic E-state index is 0.460. The molecule has 2 saturated heterocycles. The van der Waals surface area contributed by atoms with Crippen LogP contribution in [-0.2, 0) is 0 Å². The molecule has 2 aliphatic rings. The molecule has 0 amide bonds. The Balaban J connectivity index is 1.82. The van der Waals surface area contributed by atoms with Gasteiger partial charge in [0.05, 0.1) is 0 Å². The van der Waals surface area contributed by atoms with Gasteiger partial charge in [0.25, 0.3) is 0 Å². The molecule has 5 nitrogen and oxygen atoms in total. The normalized spacial score (nSPS) is 26.8. The van der Waals surface area contributed by atoms with Crippen LogP contribution in [-0.4, -0.2) is 86.6 Å². The van der Waals surface area contributed by atoms with E-state index in [1.54, 1.807) is 0 Å². The number of rotatable bonds is 7. The Bertz CT molecular complexity index is 421. The molecule has 0 aromatic heterocycles. The number of hydrogen-bond acceptors (Lipinski definition) is 3. The SMILES string of the molecule is CCCC1(C)CCCN(C(=NCCCN2CCCN(C)CC2)NCC)C1. The van der Waals surface area contributed by atoms with Gasteiger partial charge >= 0.3 is 0 Å². The topological polar surface area (TPSA) is 34.1 Å². The number of guanidine groups is 1. The molecular weight excluding hydrogens is 322 g/mol. The van der Waals surface area contributed by atoms with Gasteiger partial charge in [-0.1, -0.05) is 20.3 Å². The Labute approximate surface area is 162 Å². The summed E-state index contributed by atoms with van der Waals surface area (Å²) in [7, 11) is 2.24. The molecule has 2 fully saturated rings. The van der Waals surface area contributed by atoms with E-state index in [9.17, 15) is 0 Å². The average Bonchev–Trinajstić information content (AvgIpc) is 2.82. The molecule has 0 aromatic rings. The highest BCUT2D eigenvalue weighted by molar-refractivity contribution is 5.80. The highest BCUT2D eigenvalue weighted by Gasteiger charge is 2.31. The molecule has 0 saturated carbocycles. The fraction of sp³-hybridized carbons (Fsp3) is 0.952. The quantitative estimate of drug-likeness (QED) is 0.427. The van der Waals surface area contributed by atoms with Gasteiger partial charge in [-0.15, -0.1) is 0 Å². The lowest BCUT2D eigenvalue weighted by Gasteiger charge is -2.42. The molecule has 0 spiro atoms. The summed E-state index contributed by atoms with van der Waals surface area (Å²) < 4.78 is 0. The number of aliphatic imine (C=N–C) groups is 1. The Morgan fingerprint density at radius 1 is 1.08 bits per heavy atom. The van der Waals surface area contributed by atoms with Crippen LogP contribution in [0.1, 0.15) is 59.3 Å². The molecule has 1 unspecified atom stereocenters. The van der Waals surface area contributed by atoms with Crippen LogP contribution in [0.2, 0.25) is 0 Å². The third-order valence-electron chi connectivity index (χ3n) is 5.98. The third kappa shape index (κ3) is 7.07. The van der Waals surface area contributed by atoms with E-state index < -0.39 is 0 Å². The molecule has 0 aliphatic carbocycles. The minimum Gasteiger partial charge on any atom is -0.357 e. The summed E-state index contributed by atoms with van der Waals surface area (Å²) in [6, 6.07) is 0. The van der Waals surface area contributed by atoms with Crippen molar-refractivity contribution < 1.29 is 0 Å². The Morgan fingerprint density at radius 2 is 1.92 bits per heavy atom. The summed E-state index contributed by atoms with van der Waals surface area (Å²) in [5.41, 5.74) is 0.460. The summed E-state index contributed by atoms with van der Waals surface area (Å²) in [5.74, 6) is 1.14. The molecule has 0 aromatic carbocycles. The minimum atomic E-state index is 0.460. The standard InChI is InChI=1S/C21H43N5/c1-5-10-21(3)11-7-16-26(19-21)20(22-6-2)23-12-8-14-25-15-9-13-24(4)17-18-25/h5-19H2,1-4H3,(H,22,23). The second-order valence-corrected chi connectivity index (χ2v) is 8.67. The first kappa shape index (κ1) is 21.5. The lowest BCUT2D eigenvalue weighted by atomic mass is 9.78. The van der Waals surface area contributed by atoms with Crippen molar-refractivity contribution in [3.05, 3.63) is 0 Å². The first-order chi connectivity index (χ1) is 12.6. The van der Waals surface area contributed by atoms with E-state index in [0.717, 1.165) is 32.1 Å². The van der Waals surface area contributed by atoms with Crippen LogP contribution in [0, 0.1) is 5.41 Å². The van der Waals surface area contributed by atoms with Crippen LogP contribution < -0.4 is 5.32 Å².